The van der Waals surface area contributed by atoms with Crippen LogP contribution in [0.2, 0.25) is 0 Å². The van der Waals surface area contributed by atoms with E-state index < -0.39 is 0 Å². The maximum Gasteiger partial charge on any atom is 0.251 e. The summed E-state index contributed by atoms with van der Waals surface area (Å²) in [5, 5.41) is 3.27. The number of carbonyl (C=O) groups is 3. The molecule has 5 fully saturated rings. The van der Waals surface area contributed by atoms with Crippen molar-refractivity contribution in [2.24, 2.45) is 23.2 Å². The highest BCUT2D eigenvalue weighted by atomic mass is 16.2. The molecule has 1 aromatic carbocycles. The summed E-state index contributed by atoms with van der Waals surface area (Å²) in [7, 11) is 0. The van der Waals surface area contributed by atoms with Gasteiger partial charge in [0.1, 0.15) is 0 Å². The summed E-state index contributed by atoms with van der Waals surface area (Å²) in [5.41, 5.74) is 1.27. The van der Waals surface area contributed by atoms with Gasteiger partial charge in [0.2, 0.25) is 11.8 Å². The first-order chi connectivity index (χ1) is 13.4. The SMILES string of the molecule is C[C@H](NC(=O)c1cccc(N2C(=O)CCC2=O)c1)C12CC3CC(CC(C3)C1)C2. The minimum atomic E-state index is -0.190. The third kappa shape index (κ3) is 2.87. The zero-order chi connectivity index (χ0) is 19.5. The fourth-order valence-electron chi connectivity index (χ4n) is 6.79. The Hall–Kier alpha value is -2.17. The summed E-state index contributed by atoms with van der Waals surface area (Å²) >= 11 is 0. The van der Waals surface area contributed by atoms with Crippen molar-refractivity contribution in [3.63, 3.8) is 0 Å². The molecule has 4 bridgehead atoms. The predicted molar refractivity (Wildman–Crippen MR) is 106 cm³/mol. The lowest BCUT2D eigenvalue weighted by Gasteiger charge is -2.59. The van der Waals surface area contributed by atoms with Gasteiger partial charge in [-0.15, -0.1) is 0 Å². The van der Waals surface area contributed by atoms with Crippen molar-refractivity contribution < 1.29 is 14.4 Å². The predicted octanol–water partition coefficient (Wildman–Crippen LogP) is 3.67. The van der Waals surface area contributed by atoms with Crippen LogP contribution in [-0.4, -0.2) is 23.8 Å². The Morgan fingerprint density at radius 3 is 2.18 bits per heavy atom. The number of amides is 3. The number of nitrogens with zero attached hydrogens (tertiary/aromatic N) is 1. The van der Waals surface area contributed by atoms with Crippen LogP contribution in [-0.2, 0) is 9.59 Å². The van der Waals surface area contributed by atoms with Crippen LogP contribution < -0.4 is 10.2 Å². The zero-order valence-corrected chi connectivity index (χ0v) is 16.4. The first-order valence-corrected chi connectivity index (χ1v) is 10.7. The summed E-state index contributed by atoms with van der Waals surface area (Å²) < 4.78 is 0. The molecule has 5 nitrogen and oxygen atoms in total. The molecule has 1 aliphatic heterocycles. The molecular formula is C23H28N2O3. The molecule has 0 aromatic heterocycles. The molecule has 4 saturated carbocycles. The first-order valence-electron chi connectivity index (χ1n) is 10.7. The minimum Gasteiger partial charge on any atom is -0.349 e. The standard InChI is InChI=1S/C23H28N2O3/c1-14(23-11-15-7-16(12-23)9-17(8-15)13-23)24-22(28)18-3-2-4-19(10-18)25-20(26)5-6-21(25)27/h2-4,10,14-17H,5-9,11-13H2,1H3,(H,24,28)/t14-,15?,16?,17?,23?/m0/s1. The van der Waals surface area contributed by atoms with E-state index in [0.717, 1.165) is 17.8 Å². The molecule has 1 N–H and O–H groups in total. The van der Waals surface area contributed by atoms with Gasteiger partial charge in [-0.05, 0) is 86.8 Å². The summed E-state index contributed by atoms with van der Waals surface area (Å²) in [6.07, 6.45) is 8.40. The topological polar surface area (TPSA) is 66.5 Å². The van der Waals surface area contributed by atoms with Gasteiger partial charge >= 0.3 is 0 Å². The molecule has 28 heavy (non-hydrogen) atoms. The average molecular weight is 380 g/mol. The molecule has 148 valence electrons. The van der Waals surface area contributed by atoms with E-state index in [9.17, 15) is 14.4 Å². The second-order valence-electron chi connectivity index (χ2n) is 9.65. The third-order valence-corrected chi connectivity index (χ3v) is 7.77. The van der Waals surface area contributed by atoms with Crippen LogP contribution in [0, 0.1) is 23.2 Å². The van der Waals surface area contributed by atoms with E-state index in [0.29, 0.717) is 11.3 Å². The molecule has 1 saturated heterocycles. The highest BCUT2D eigenvalue weighted by Crippen LogP contribution is 2.61. The highest BCUT2D eigenvalue weighted by molar-refractivity contribution is 6.20. The Morgan fingerprint density at radius 2 is 1.61 bits per heavy atom. The highest BCUT2D eigenvalue weighted by Gasteiger charge is 2.53. The van der Waals surface area contributed by atoms with Crippen molar-refractivity contribution in [3.8, 4) is 0 Å². The molecule has 5 heteroatoms. The van der Waals surface area contributed by atoms with E-state index in [4.69, 9.17) is 0 Å². The molecular weight excluding hydrogens is 352 g/mol. The number of imide groups is 1. The Morgan fingerprint density at radius 1 is 1.04 bits per heavy atom. The van der Waals surface area contributed by atoms with Crippen molar-refractivity contribution in [1.29, 1.82) is 0 Å². The molecule has 1 aromatic rings. The van der Waals surface area contributed by atoms with Crippen LogP contribution in [0.5, 0.6) is 0 Å². The first kappa shape index (κ1) is 17.9. The molecule has 0 spiro atoms. The summed E-state index contributed by atoms with van der Waals surface area (Å²) in [5.74, 6) is 2.06. The van der Waals surface area contributed by atoms with Gasteiger partial charge in [-0.3, -0.25) is 19.3 Å². The van der Waals surface area contributed by atoms with Crippen LogP contribution in [0.3, 0.4) is 0 Å². The van der Waals surface area contributed by atoms with Crippen LogP contribution >= 0.6 is 0 Å². The maximum absolute atomic E-state index is 13.0. The lowest BCUT2D eigenvalue weighted by molar-refractivity contribution is -0.121. The van der Waals surface area contributed by atoms with E-state index in [1.54, 1.807) is 24.3 Å². The molecule has 3 amide bonds. The lowest BCUT2D eigenvalue weighted by atomic mass is 9.48. The van der Waals surface area contributed by atoms with Gasteiger partial charge in [-0.1, -0.05) is 6.07 Å². The Balaban J connectivity index is 1.33. The van der Waals surface area contributed by atoms with Gasteiger partial charge < -0.3 is 5.32 Å². The zero-order valence-electron chi connectivity index (χ0n) is 16.4. The van der Waals surface area contributed by atoms with Crippen LogP contribution in [0.4, 0.5) is 5.69 Å². The number of anilines is 1. The van der Waals surface area contributed by atoms with E-state index in [2.05, 4.69) is 12.2 Å². The summed E-state index contributed by atoms with van der Waals surface area (Å²) in [4.78, 5) is 38.2. The van der Waals surface area contributed by atoms with Crippen LogP contribution in [0.1, 0.15) is 68.6 Å². The van der Waals surface area contributed by atoms with Gasteiger partial charge in [0.05, 0.1) is 5.69 Å². The summed E-state index contributed by atoms with van der Waals surface area (Å²) in [6.45, 7) is 2.17. The van der Waals surface area contributed by atoms with Gasteiger partial charge in [-0.25, -0.2) is 0 Å². The van der Waals surface area contributed by atoms with Gasteiger partial charge in [0.15, 0.2) is 0 Å². The molecule has 5 aliphatic rings. The van der Waals surface area contributed by atoms with Crippen molar-refractivity contribution in [1.82, 2.24) is 5.32 Å². The van der Waals surface area contributed by atoms with Crippen LogP contribution in [0.25, 0.3) is 0 Å². The number of benzene rings is 1. The molecule has 1 atom stereocenters. The number of carbonyl (C=O) groups excluding carboxylic acids is 3. The molecule has 6 rings (SSSR count). The third-order valence-electron chi connectivity index (χ3n) is 7.77. The van der Waals surface area contributed by atoms with Crippen LogP contribution in [0.15, 0.2) is 24.3 Å². The smallest absolute Gasteiger partial charge is 0.251 e. The van der Waals surface area contributed by atoms with Gasteiger partial charge in [0.25, 0.3) is 5.91 Å². The Kier molecular flexibility index (Phi) is 4.11. The van der Waals surface area contributed by atoms with Gasteiger partial charge in [-0.2, -0.15) is 0 Å². The Bertz CT molecular complexity index is 795. The minimum absolute atomic E-state index is 0.107. The fourth-order valence-corrected chi connectivity index (χ4v) is 6.79. The molecule has 4 aliphatic carbocycles. The van der Waals surface area contributed by atoms with E-state index in [1.807, 2.05) is 0 Å². The van der Waals surface area contributed by atoms with Crippen molar-refractivity contribution in [3.05, 3.63) is 29.8 Å². The van der Waals surface area contributed by atoms with E-state index >= 15 is 0 Å². The second kappa shape index (κ2) is 6.43. The molecule has 0 radical (unpaired) electrons. The molecule has 1 heterocycles. The average Bonchev–Trinajstić information content (AvgIpc) is 2.99. The number of hydrogen-bond donors (Lipinski definition) is 1. The van der Waals surface area contributed by atoms with Crippen molar-refractivity contribution >= 4 is 23.4 Å². The number of rotatable bonds is 4. The second-order valence-corrected chi connectivity index (χ2v) is 9.65. The number of hydrogen-bond acceptors (Lipinski definition) is 3. The van der Waals surface area contributed by atoms with E-state index in [-0.39, 0.29) is 42.0 Å². The quantitative estimate of drug-likeness (QED) is 0.811. The van der Waals surface area contributed by atoms with E-state index in [1.165, 1.54) is 43.4 Å². The number of nitrogens with one attached hydrogen (secondary N) is 1. The Labute approximate surface area is 165 Å². The summed E-state index contributed by atoms with van der Waals surface area (Å²) in [6, 6.07) is 7.05. The maximum atomic E-state index is 13.0. The normalized spacial score (nSPS) is 34.8. The monoisotopic (exact) mass is 380 g/mol. The lowest BCUT2D eigenvalue weighted by Crippen LogP contribution is -2.55. The largest absolute Gasteiger partial charge is 0.349 e. The van der Waals surface area contributed by atoms with Crippen molar-refractivity contribution in [2.45, 2.75) is 64.3 Å². The van der Waals surface area contributed by atoms with Gasteiger partial charge in [0, 0.05) is 24.4 Å². The molecule has 0 unspecified atom stereocenters. The fraction of sp³-hybridized carbons (Fsp3) is 0.609. The van der Waals surface area contributed by atoms with Crippen molar-refractivity contribution in [2.75, 3.05) is 4.90 Å².